The standard InChI is InChI=1S/C14H21N3O/c1-14(2)6-8-16-12(5-7-15)10-17(14)11-13-4-3-9-18-13/h3-4,9,12,16H,5-6,8,10-11H2,1-2H3. The van der Waals surface area contributed by atoms with Crippen molar-refractivity contribution in [1.29, 1.82) is 5.26 Å². The first-order valence-electron chi connectivity index (χ1n) is 6.49. The second kappa shape index (κ2) is 5.55. The summed E-state index contributed by atoms with van der Waals surface area (Å²) in [7, 11) is 0. The lowest BCUT2D eigenvalue weighted by Crippen LogP contribution is -2.45. The highest BCUT2D eigenvalue weighted by molar-refractivity contribution is 5.01. The van der Waals surface area contributed by atoms with Crippen LogP contribution in [-0.4, -0.2) is 29.6 Å². The molecule has 0 bridgehead atoms. The topological polar surface area (TPSA) is 52.2 Å². The molecule has 1 aromatic heterocycles. The summed E-state index contributed by atoms with van der Waals surface area (Å²) >= 11 is 0. The van der Waals surface area contributed by atoms with E-state index in [2.05, 4.69) is 30.1 Å². The van der Waals surface area contributed by atoms with Crippen molar-refractivity contribution in [3.63, 3.8) is 0 Å². The van der Waals surface area contributed by atoms with E-state index in [1.54, 1.807) is 6.26 Å². The summed E-state index contributed by atoms with van der Waals surface area (Å²) in [6, 6.07) is 6.45. The number of nitriles is 1. The molecule has 1 fully saturated rings. The van der Waals surface area contributed by atoms with Gasteiger partial charge in [0.15, 0.2) is 0 Å². The summed E-state index contributed by atoms with van der Waals surface area (Å²) in [4.78, 5) is 2.41. The number of furan rings is 1. The lowest BCUT2D eigenvalue weighted by Gasteiger charge is -2.37. The molecule has 98 valence electrons. The van der Waals surface area contributed by atoms with Crippen LogP contribution in [0.1, 0.15) is 32.4 Å². The highest BCUT2D eigenvalue weighted by Crippen LogP contribution is 2.24. The normalized spacial score (nSPS) is 24.4. The van der Waals surface area contributed by atoms with Gasteiger partial charge >= 0.3 is 0 Å². The van der Waals surface area contributed by atoms with Crippen LogP contribution in [0.4, 0.5) is 0 Å². The second-order valence-electron chi connectivity index (χ2n) is 5.54. The highest BCUT2D eigenvalue weighted by atomic mass is 16.3. The Bertz CT molecular complexity index is 405. The maximum atomic E-state index is 8.86. The molecule has 1 unspecified atom stereocenters. The van der Waals surface area contributed by atoms with E-state index < -0.39 is 0 Å². The minimum absolute atomic E-state index is 0.129. The van der Waals surface area contributed by atoms with Crippen LogP contribution in [0.2, 0.25) is 0 Å². The maximum Gasteiger partial charge on any atom is 0.117 e. The molecule has 1 N–H and O–H groups in total. The Kier molecular flexibility index (Phi) is 4.05. The monoisotopic (exact) mass is 247 g/mol. The van der Waals surface area contributed by atoms with E-state index in [0.29, 0.717) is 6.42 Å². The van der Waals surface area contributed by atoms with Gasteiger partial charge in [-0.3, -0.25) is 4.90 Å². The predicted molar refractivity (Wildman–Crippen MR) is 69.8 cm³/mol. The lowest BCUT2D eigenvalue weighted by molar-refractivity contribution is 0.102. The molecule has 0 aromatic carbocycles. The molecule has 2 rings (SSSR count). The molecule has 1 atom stereocenters. The molecular formula is C14H21N3O. The first kappa shape index (κ1) is 13.1. The average molecular weight is 247 g/mol. The fourth-order valence-corrected chi connectivity index (χ4v) is 2.43. The molecule has 4 nitrogen and oxygen atoms in total. The van der Waals surface area contributed by atoms with Crippen LogP contribution in [0, 0.1) is 11.3 Å². The fourth-order valence-electron chi connectivity index (χ4n) is 2.43. The smallest absolute Gasteiger partial charge is 0.117 e. The number of hydrogen-bond donors (Lipinski definition) is 1. The van der Waals surface area contributed by atoms with Gasteiger partial charge in [-0.2, -0.15) is 5.26 Å². The minimum atomic E-state index is 0.129. The Morgan fingerprint density at radius 1 is 1.61 bits per heavy atom. The van der Waals surface area contributed by atoms with Crippen molar-refractivity contribution in [1.82, 2.24) is 10.2 Å². The van der Waals surface area contributed by atoms with Gasteiger partial charge in [0.25, 0.3) is 0 Å². The Labute approximate surface area is 109 Å². The number of nitrogens with zero attached hydrogens (tertiary/aromatic N) is 2. The Morgan fingerprint density at radius 3 is 3.11 bits per heavy atom. The van der Waals surface area contributed by atoms with Gasteiger partial charge in [0.05, 0.1) is 25.3 Å². The van der Waals surface area contributed by atoms with Gasteiger partial charge in [-0.1, -0.05) is 0 Å². The zero-order chi connectivity index (χ0) is 13.0. The Morgan fingerprint density at radius 2 is 2.44 bits per heavy atom. The second-order valence-corrected chi connectivity index (χ2v) is 5.54. The van der Waals surface area contributed by atoms with E-state index in [-0.39, 0.29) is 11.6 Å². The van der Waals surface area contributed by atoms with Crippen molar-refractivity contribution in [3.05, 3.63) is 24.2 Å². The lowest BCUT2D eigenvalue weighted by atomic mass is 9.98. The Hall–Kier alpha value is -1.31. The Balaban J connectivity index is 2.09. The van der Waals surface area contributed by atoms with Crippen LogP contribution < -0.4 is 5.32 Å². The fraction of sp³-hybridized carbons (Fsp3) is 0.643. The molecule has 0 radical (unpaired) electrons. The summed E-state index contributed by atoms with van der Waals surface area (Å²) in [5, 5.41) is 12.3. The van der Waals surface area contributed by atoms with Gasteiger partial charge in [0.1, 0.15) is 5.76 Å². The first-order chi connectivity index (χ1) is 8.62. The maximum absolute atomic E-state index is 8.86. The van der Waals surface area contributed by atoms with Crippen molar-refractivity contribution in [2.24, 2.45) is 0 Å². The molecule has 1 aromatic rings. The SMILES string of the molecule is CC1(C)CCNC(CC#N)CN1Cc1ccco1. The van der Waals surface area contributed by atoms with Gasteiger partial charge in [0.2, 0.25) is 0 Å². The van der Waals surface area contributed by atoms with Crippen LogP contribution in [0.5, 0.6) is 0 Å². The third-order valence-corrected chi connectivity index (χ3v) is 3.73. The van der Waals surface area contributed by atoms with Crippen molar-refractivity contribution in [2.45, 2.75) is 44.8 Å². The van der Waals surface area contributed by atoms with Crippen LogP contribution >= 0.6 is 0 Å². The van der Waals surface area contributed by atoms with Gasteiger partial charge in [-0.15, -0.1) is 0 Å². The van der Waals surface area contributed by atoms with Crippen molar-refractivity contribution in [2.75, 3.05) is 13.1 Å². The minimum Gasteiger partial charge on any atom is -0.468 e. The molecule has 1 aliphatic rings. The molecule has 2 heterocycles. The van der Waals surface area contributed by atoms with Crippen LogP contribution in [0.3, 0.4) is 0 Å². The van der Waals surface area contributed by atoms with Gasteiger partial charge in [-0.25, -0.2) is 0 Å². The number of nitrogens with one attached hydrogen (secondary N) is 1. The van der Waals surface area contributed by atoms with Crippen LogP contribution in [-0.2, 0) is 6.54 Å². The van der Waals surface area contributed by atoms with Gasteiger partial charge in [-0.05, 0) is 38.9 Å². The molecule has 0 aliphatic carbocycles. The quantitative estimate of drug-likeness (QED) is 0.889. The molecule has 18 heavy (non-hydrogen) atoms. The van der Waals surface area contributed by atoms with E-state index >= 15 is 0 Å². The zero-order valence-corrected chi connectivity index (χ0v) is 11.1. The first-order valence-corrected chi connectivity index (χ1v) is 6.49. The van der Waals surface area contributed by atoms with Crippen molar-refractivity contribution >= 4 is 0 Å². The number of rotatable bonds is 3. The molecular weight excluding hydrogens is 226 g/mol. The molecule has 0 saturated carbocycles. The number of hydrogen-bond acceptors (Lipinski definition) is 4. The summed E-state index contributed by atoms with van der Waals surface area (Å²) < 4.78 is 5.44. The van der Waals surface area contributed by atoms with E-state index in [4.69, 9.17) is 9.68 Å². The molecule has 0 amide bonds. The molecule has 4 heteroatoms. The molecule has 0 spiro atoms. The summed E-state index contributed by atoms with van der Waals surface area (Å²) in [6.45, 7) is 7.18. The summed E-state index contributed by atoms with van der Waals surface area (Å²) in [5.41, 5.74) is 0.129. The van der Waals surface area contributed by atoms with Crippen LogP contribution in [0.15, 0.2) is 22.8 Å². The van der Waals surface area contributed by atoms with Gasteiger partial charge < -0.3 is 9.73 Å². The van der Waals surface area contributed by atoms with E-state index in [0.717, 1.165) is 31.8 Å². The van der Waals surface area contributed by atoms with Crippen molar-refractivity contribution < 1.29 is 4.42 Å². The predicted octanol–water partition coefficient (Wildman–Crippen LogP) is 2.14. The third kappa shape index (κ3) is 3.12. The van der Waals surface area contributed by atoms with E-state index in [1.807, 2.05) is 12.1 Å². The van der Waals surface area contributed by atoms with Crippen LogP contribution in [0.25, 0.3) is 0 Å². The summed E-state index contributed by atoms with van der Waals surface area (Å²) in [5.74, 6) is 0.987. The third-order valence-electron chi connectivity index (χ3n) is 3.73. The molecule has 1 aliphatic heterocycles. The van der Waals surface area contributed by atoms with Gasteiger partial charge in [0, 0.05) is 18.1 Å². The highest BCUT2D eigenvalue weighted by Gasteiger charge is 2.31. The molecule has 1 saturated heterocycles. The van der Waals surface area contributed by atoms with E-state index in [1.165, 1.54) is 0 Å². The average Bonchev–Trinajstić information content (AvgIpc) is 2.76. The van der Waals surface area contributed by atoms with Crippen molar-refractivity contribution in [3.8, 4) is 6.07 Å². The largest absolute Gasteiger partial charge is 0.468 e. The summed E-state index contributed by atoms with van der Waals surface area (Å²) in [6.07, 6.45) is 3.35. The van der Waals surface area contributed by atoms with E-state index in [9.17, 15) is 0 Å². The zero-order valence-electron chi connectivity index (χ0n) is 11.1.